The van der Waals surface area contributed by atoms with Crippen LogP contribution >= 0.6 is 23.4 Å². The fraction of sp³-hybridized carbons (Fsp3) is 0.143. The van der Waals surface area contributed by atoms with E-state index in [2.05, 4.69) is 15.0 Å². The molecule has 156 valence electrons. The summed E-state index contributed by atoms with van der Waals surface area (Å²) in [6, 6.07) is 15.0. The van der Waals surface area contributed by atoms with E-state index in [0.29, 0.717) is 27.7 Å². The van der Waals surface area contributed by atoms with Gasteiger partial charge in [-0.25, -0.2) is 8.42 Å². The number of carbonyl (C=O) groups excluding carboxylic acids is 1. The van der Waals surface area contributed by atoms with E-state index in [1.54, 1.807) is 55.7 Å². The Hall–Kier alpha value is -2.55. The van der Waals surface area contributed by atoms with Crippen molar-refractivity contribution in [1.82, 2.24) is 4.98 Å². The zero-order valence-corrected chi connectivity index (χ0v) is 18.5. The Labute approximate surface area is 185 Å². The molecule has 1 amide bonds. The van der Waals surface area contributed by atoms with Gasteiger partial charge in [0.15, 0.2) is 0 Å². The van der Waals surface area contributed by atoms with Crippen LogP contribution in [-0.4, -0.2) is 25.1 Å². The van der Waals surface area contributed by atoms with Crippen molar-refractivity contribution in [1.29, 1.82) is 0 Å². The Bertz CT molecular complexity index is 1120. The lowest BCUT2D eigenvalue weighted by atomic mass is 10.2. The van der Waals surface area contributed by atoms with Gasteiger partial charge in [-0.1, -0.05) is 23.7 Å². The van der Waals surface area contributed by atoms with E-state index in [1.165, 1.54) is 17.8 Å². The molecule has 0 bridgehead atoms. The molecule has 1 heterocycles. The number of aromatic nitrogens is 1. The van der Waals surface area contributed by atoms with Crippen LogP contribution in [0.4, 0.5) is 11.4 Å². The first kappa shape index (κ1) is 22.1. The van der Waals surface area contributed by atoms with Crippen molar-refractivity contribution in [3.8, 4) is 0 Å². The maximum absolute atomic E-state index is 12.8. The first-order chi connectivity index (χ1) is 14.3. The first-order valence-corrected chi connectivity index (χ1v) is 12.0. The van der Waals surface area contributed by atoms with Crippen LogP contribution in [0.1, 0.15) is 11.1 Å². The van der Waals surface area contributed by atoms with Gasteiger partial charge >= 0.3 is 0 Å². The van der Waals surface area contributed by atoms with Crippen LogP contribution < -0.4 is 10.0 Å². The monoisotopic (exact) mass is 461 g/mol. The van der Waals surface area contributed by atoms with Crippen LogP contribution in [0, 0.1) is 6.92 Å². The fourth-order valence-corrected chi connectivity index (χ4v) is 4.86. The molecule has 0 radical (unpaired) electrons. The van der Waals surface area contributed by atoms with Crippen LogP contribution in [0.25, 0.3) is 0 Å². The molecule has 2 aromatic carbocycles. The van der Waals surface area contributed by atoms with Crippen molar-refractivity contribution in [2.45, 2.75) is 17.6 Å². The molecule has 0 atom stereocenters. The Morgan fingerprint density at radius 2 is 1.83 bits per heavy atom. The fourth-order valence-electron chi connectivity index (χ4n) is 2.64. The topological polar surface area (TPSA) is 88.2 Å². The van der Waals surface area contributed by atoms with Gasteiger partial charge in [-0.05, 0) is 60.5 Å². The van der Waals surface area contributed by atoms with Gasteiger partial charge in [0.1, 0.15) is 0 Å². The second kappa shape index (κ2) is 9.97. The number of amides is 1. The maximum atomic E-state index is 12.8. The van der Waals surface area contributed by atoms with E-state index in [-0.39, 0.29) is 16.6 Å². The van der Waals surface area contributed by atoms with Crippen LogP contribution in [0.3, 0.4) is 0 Å². The largest absolute Gasteiger partial charge is 0.325 e. The molecule has 9 heteroatoms. The number of thioether (sulfide) groups is 1. The van der Waals surface area contributed by atoms with Gasteiger partial charge in [-0.3, -0.25) is 14.5 Å². The molecule has 2 N–H and O–H groups in total. The molecule has 0 saturated carbocycles. The van der Waals surface area contributed by atoms with E-state index in [4.69, 9.17) is 11.6 Å². The number of carbonyl (C=O) groups is 1. The minimum atomic E-state index is -3.82. The summed E-state index contributed by atoms with van der Waals surface area (Å²) in [6.45, 7) is 1.70. The van der Waals surface area contributed by atoms with Crippen molar-refractivity contribution in [2.24, 2.45) is 0 Å². The minimum Gasteiger partial charge on any atom is -0.325 e. The average molecular weight is 462 g/mol. The molecule has 1 aromatic heterocycles. The third-order valence-corrected chi connectivity index (χ3v) is 6.86. The van der Waals surface area contributed by atoms with Gasteiger partial charge in [-0.2, -0.15) is 0 Å². The molecule has 0 saturated heterocycles. The number of nitrogens with zero attached hydrogens (tertiary/aromatic N) is 1. The van der Waals surface area contributed by atoms with Gasteiger partial charge in [0, 0.05) is 34.5 Å². The number of pyridine rings is 1. The molecule has 0 spiro atoms. The molecular weight excluding hydrogens is 442 g/mol. The summed E-state index contributed by atoms with van der Waals surface area (Å²) in [6.07, 6.45) is 3.46. The lowest BCUT2D eigenvalue weighted by Gasteiger charge is -2.13. The second-order valence-electron chi connectivity index (χ2n) is 6.49. The van der Waals surface area contributed by atoms with Gasteiger partial charge in [0.05, 0.1) is 10.6 Å². The number of halogens is 1. The third kappa shape index (κ3) is 6.22. The van der Waals surface area contributed by atoms with Crippen molar-refractivity contribution in [3.63, 3.8) is 0 Å². The second-order valence-corrected chi connectivity index (χ2v) is 9.57. The van der Waals surface area contributed by atoms with E-state index in [0.717, 1.165) is 5.56 Å². The highest BCUT2D eigenvalue weighted by Gasteiger charge is 2.18. The summed E-state index contributed by atoms with van der Waals surface area (Å²) in [7, 11) is -3.82. The number of nitrogens with one attached hydrogen (secondary N) is 2. The van der Waals surface area contributed by atoms with Crippen LogP contribution in [0.2, 0.25) is 5.02 Å². The van der Waals surface area contributed by atoms with Crippen LogP contribution in [-0.2, 0) is 20.6 Å². The standard InChI is InChI=1S/C21H20ClN3O3S2/c1-15-4-7-19(24-21(26)14-29-13-16-3-2-10-23-12-16)11-20(15)30(27,28)25-18-8-5-17(22)6-9-18/h2-12,25H,13-14H2,1H3,(H,24,26). The van der Waals surface area contributed by atoms with Crippen molar-refractivity contribution >= 4 is 50.7 Å². The summed E-state index contributed by atoms with van der Waals surface area (Å²) < 4.78 is 28.1. The maximum Gasteiger partial charge on any atom is 0.262 e. The van der Waals surface area contributed by atoms with Crippen LogP contribution in [0.5, 0.6) is 0 Å². The molecule has 0 aliphatic carbocycles. The van der Waals surface area contributed by atoms with Crippen molar-refractivity contribution in [2.75, 3.05) is 15.8 Å². The normalized spacial score (nSPS) is 11.1. The number of anilines is 2. The predicted octanol–water partition coefficient (Wildman–Crippen LogP) is 4.72. The highest BCUT2D eigenvalue weighted by molar-refractivity contribution is 7.99. The lowest BCUT2D eigenvalue weighted by Crippen LogP contribution is -2.17. The summed E-state index contributed by atoms with van der Waals surface area (Å²) in [4.78, 5) is 16.4. The zero-order valence-electron chi connectivity index (χ0n) is 16.1. The van der Waals surface area contributed by atoms with E-state index in [1.807, 2.05) is 12.1 Å². The van der Waals surface area contributed by atoms with Gasteiger partial charge < -0.3 is 5.32 Å². The SMILES string of the molecule is Cc1ccc(NC(=O)CSCc2cccnc2)cc1S(=O)(=O)Nc1ccc(Cl)cc1. The molecule has 3 aromatic rings. The molecule has 0 fully saturated rings. The zero-order chi connectivity index (χ0) is 21.6. The highest BCUT2D eigenvalue weighted by atomic mass is 35.5. The number of sulfonamides is 1. The smallest absolute Gasteiger partial charge is 0.262 e. The summed E-state index contributed by atoms with van der Waals surface area (Å²) in [5.41, 5.74) is 2.43. The molecule has 0 aliphatic rings. The Balaban J connectivity index is 1.65. The highest BCUT2D eigenvalue weighted by Crippen LogP contribution is 2.24. The van der Waals surface area contributed by atoms with E-state index < -0.39 is 10.0 Å². The number of aryl methyl sites for hydroxylation is 1. The molecule has 0 aliphatic heterocycles. The molecule has 30 heavy (non-hydrogen) atoms. The van der Waals surface area contributed by atoms with Gasteiger partial charge in [0.2, 0.25) is 5.91 Å². The molecular formula is C21H20ClN3O3S2. The lowest BCUT2D eigenvalue weighted by molar-refractivity contribution is -0.113. The molecule has 6 nitrogen and oxygen atoms in total. The number of rotatable bonds is 8. The Morgan fingerprint density at radius 3 is 2.53 bits per heavy atom. The number of benzene rings is 2. The third-order valence-electron chi connectivity index (χ3n) is 4.08. The van der Waals surface area contributed by atoms with E-state index in [9.17, 15) is 13.2 Å². The number of hydrogen-bond acceptors (Lipinski definition) is 5. The summed E-state index contributed by atoms with van der Waals surface area (Å²) in [5.74, 6) is 0.704. The van der Waals surface area contributed by atoms with E-state index >= 15 is 0 Å². The van der Waals surface area contributed by atoms with Crippen molar-refractivity contribution < 1.29 is 13.2 Å². The average Bonchev–Trinajstić information content (AvgIpc) is 2.72. The van der Waals surface area contributed by atoms with Crippen molar-refractivity contribution in [3.05, 3.63) is 83.1 Å². The molecule has 0 unspecified atom stereocenters. The Kier molecular flexibility index (Phi) is 7.36. The van der Waals surface area contributed by atoms with Gasteiger partial charge in [-0.15, -0.1) is 11.8 Å². The summed E-state index contributed by atoms with van der Waals surface area (Å²) >= 11 is 7.30. The number of hydrogen-bond donors (Lipinski definition) is 2. The minimum absolute atomic E-state index is 0.0956. The first-order valence-electron chi connectivity index (χ1n) is 8.99. The Morgan fingerprint density at radius 1 is 1.10 bits per heavy atom. The quantitative estimate of drug-likeness (QED) is 0.507. The molecule has 3 rings (SSSR count). The van der Waals surface area contributed by atoms with Gasteiger partial charge in [0.25, 0.3) is 10.0 Å². The predicted molar refractivity (Wildman–Crippen MR) is 122 cm³/mol. The summed E-state index contributed by atoms with van der Waals surface area (Å²) in [5, 5.41) is 3.27. The van der Waals surface area contributed by atoms with Crippen LogP contribution in [0.15, 0.2) is 71.9 Å².